The third kappa shape index (κ3) is 3.78. The minimum atomic E-state index is -0.258. The van der Waals surface area contributed by atoms with E-state index >= 15 is 0 Å². The lowest BCUT2D eigenvalue weighted by Crippen LogP contribution is -2.25. The van der Waals surface area contributed by atoms with Gasteiger partial charge >= 0.3 is 0 Å². The zero-order valence-corrected chi connectivity index (χ0v) is 13.5. The third-order valence-electron chi connectivity index (χ3n) is 3.70. The van der Waals surface area contributed by atoms with Crippen molar-refractivity contribution in [2.24, 2.45) is 7.05 Å². The van der Waals surface area contributed by atoms with Gasteiger partial charge in [-0.3, -0.25) is 5.32 Å². The van der Waals surface area contributed by atoms with Crippen LogP contribution < -0.4 is 5.32 Å². The van der Waals surface area contributed by atoms with Crippen LogP contribution in [0.4, 0.5) is 4.39 Å². The summed E-state index contributed by atoms with van der Waals surface area (Å²) in [5.74, 6) is 0.573. The topological polar surface area (TPSA) is 29.9 Å². The first kappa shape index (κ1) is 15.7. The average molecular weight is 330 g/mol. The molecule has 0 saturated carbocycles. The molecule has 0 aliphatic rings. The average Bonchev–Trinajstić information content (AvgIpc) is 2.94. The van der Waals surface area contributed by atoms with Gasteiger partial charge in [0.2, 0.25) is 0 Å². The van der Waals surface area contributed by atoms with E-state index in [-0.39, 0.29) is 11.9 Å². The van der Waals surface area contributed by atoms with Crippen molar-refractivity contribution < 1.29 is 4.39 Å². The molecule has 0 aliphatic carbocycles. The molecule has 0 spiro atoms. The van der Waals surface area contributed by atoms with Crippen LogP contribution in [0.3, 0.4) is 0 Å². The van der Waals surface area contributed by atoms with Crippen molar-refractivity contribution in [2.75, 3.05) is 0 Å². The molecule has 2 aromatic carbocycles. The van der Waals surface area contributed by atoms with Crippen LogP contribution in [0, 0.1) is 5.82 Å². The molecule has 1 N–H and O–H groups in total. The highest BCUT2D eigenvalue weighted by Crippen LogP contribution is 2.22. The molecule has 1 heterocycles. The molecule has 3 aromatic rings. The zero-order valence-electron chi connectivity index (χ0n) is 12.7. The Hall–Kier alpha value is -2.17. The Morgan fingerprint density at radius 3 is 2.74 bits per heavy atom. The lowest BCUT2D eigenvalue weighted by atomic mass is 10.1. The van der Waals surface area contributed by atoms with Gasteiger partial charge in [0.15, 0.2) is 0 Å². The van der Waals surface area contributed by atoms with Crippen LogP contribution in [0.1, 0.15) is 23.0 Å². The molecule has 0 unspecified atom stereocenters. The highest BCUT2D eigenvalue weighted by atomic mass is 35.5. The number of halogens is 2. The second-order valence-electron chi connectivity index (χ2n) is 5.40. The first-order chi connectivity index (χ1) is 11.1. The van der Waals surface area contributed by atoms with Crippen molar-refractivity contribution in [2.45, 2.75) is 12.6 Å². The third-order valence-corrected chi connectivity index (χ3v) is 3.93. The van der Waals surface area contributed by atoms with E-state index in [0.29, 0.717) is 11.6 Å². The van der Waals surface area contributed by atoms with E-state index in [4.69, 9.17) is 11.6 Å². The molecule has 1 atom stereocenters. The van der Waals surface area contributed by atoms with Gasteiger partial charge < -0.3 is 4.57 Å². The molecular formula is C18H17ClFN3. The van der Waals surface area contributed by atoms with Crippen molar-refractivity contribution in [1.29, 1.82) is 0 Å². The van der Waals surface area contributed by atoms with E-state index < -0.39 is 0 Å². The summed E-state index contributed by atoms with van der Waals surface area (Å²) in [6.45, 7) is 0.606. The molecular weight excluding hydrogens is 313 g/mol. The standard InChI is InChI=1S/C18H17ClFN3/c1-23-9-8-21-18(23)17(14-5-3-7-16(20)11-14)22-12-13-4-2-6-15(19)10-13/h2-11,17,22H,12H2,1H3/t17-/m0/s1. The molecule has 0 aliphatic heterocycles. The lowest BCUT2D eigenvalue weighted by molar-refractivity contribution is 0.551. The predicted octanol–water partition coefficient (Wildman–Crippen LogP) is 4.09. The Balaban J connectivity index is 1.88. The maximum atomic E-state index is 13.6. The Morgan fingerprint density at radius 2 is 2.04 bits per heavy atom. The summed E-state index contributed by atoms with van der Waals surface area (Å²) < 4.78 is 15.5. The molecule has 0 amide bonds. The maximum Gasteiger partial charge on any atom is 0.130 e. The molecule has 0 saturated heterocycles. The second kappa shape index (κ2) is 6.94. The fraction of sp³-hybridized carbons (Fsp3) is 0.167. The number of nitrogens with zero attached hydrogens (tertiary/aromatic N) is 2. The minimum absolute atomic E-state index is 0.204. The SMILES string of the molecule is Cn1ccnc1[C@@H](NCc1cccc(Cl)c1)c1cccc(F)c1. The van der Waals surface area contributed by atoms with Crippen LogP contribution in [-0.4, -0.2) is 9.55 Å². The lowest BCUT2D eigenvalue weighted by Gasteiger charge is -2.19. The minimum Gasteiger partial charge on any atom is -0.336 e. The fourth-order valence-electron chi connectivity index (χ4n) is 2.57. The van der Waals surface area contributed by atoms with E-state index in [9.17, 15) is 4.39 Å². The van der Waals surface area contributed by atoms with E-state index in [2.05, 4.69) is 10.3 Å². The highest BCUT2D eigenvalue weighted by molar-refractivity contribution is 6.30. The number of hydrogen-bond acceptors (Lipinski definition) is 2. The number of aromatic nitrogens is 2. The molecule has 3 rings (SSSR count). The van der Waals surface area contributed by atoms with Crippen molar-refractivity contribution >= 4 is 11.6 Å². The molecule has 0 fully saturated rings. The molecule has 3 nitrogen and oxygen atoms in total. The van der Waals surface area contributed by atoms with E-state index in [0.717, 1.165) is 17.0 Å². The van der Waals surface area contributed by atoms with E-state index in [1.807, 2.05) is 48.1 Å². The quantitative estimate of drug-likeness (QED) is 0.764. The van der Waals surface area contributed by atoms with Crippen LogP contribution in [0.15, 0.2) is 60.9 Å². The molecule has 0 radical (unpaired) electrons. The second-order valence-corrected chi connectivity index (χ2v) is 5.83. The summed E-state index contributed by atoms with van der Waals surface area (Å²) in [5, 5.41) is 4.14. The van der Waals surface area contributed by atoms with Gasteiger partial charge in [0, 0.05) is 31.0 Å². The molecule has 0 bridgehead atoms. The summed E-state index contributed by atoms with van der Waals surface area (Å²) in [6, 6.07) is 14.0. The van der Waals surface area contributed by atoms with Crippen molar-refractivity contribution in [1.82, 2.24) is 14.9 Å². The Kier molecular flexibility index (Phi) is 4.74. The van der Waals surface area contributed by atoms with Gasteiger partial charge in [-0.25, -0.2) is 9.37 Å². The number of hydrogen-bond donors (Lipinski definition) is 1. The normalized spacial score (nSPS) is 12.3. The Labute approximate surface area is 139 Å². The number of aryl methyl sites for hydroxylation is 1. The van der Waals surface area contributed by atoms with Crippen molar-refractivity contribution in [3.05, 3.63) is 88.7 Å². The van der Waals surface area contributed by atoms with Gasteiger partial charge in [-0.1, -0.05) is 35.9 Å². The molecule has 118 valence electrons. The molecule has 23 heavy (non-hydrogen) atoms. The van der Waals surface area contributed by atoms with Crippen LogP contribution in [-0.2, 0) is 13.6 Å². The van der Waals surface area contributed by atoms with Crippen molar-refractivity contribution in [3.8, 4) is 0 Å². The smallest absolute Gasteiger partial charge is 0.130 e. The van der Waals surface area contributed by atoms with Gasteiger partial charge in [0.25, 0.3) is 0 Å². The number of imidazole rings is 1. The van der Waals surface area contributed by atoms with Crippen LogP contribution in [0.25, 0.3) is 0 Å². The monoisotopic (exact) mass is 329 g/mol. The van der Waals surface area contributed by atoms with Gasteiger partial charge in [0.1, 0.15) is 11.6 Å². The summed E-state index contributed by atoms with van der Waals surface area (Å²) in [5.41, 5.74) is 1.90. The number of rotatable bonds is 5. The Morgan fingerprint density at radius 1 is 1.22 bits per heavy atom. The summed E-state index contributed by atoms with van der Waals surface area (Å²) >= 11 is 6.03. The molecule has 5 heteroatoms. The fourth-order valence-corrected chi connectivity index (χ4v) is 2.78. The van der Waals surface area contributed by atoms with Crippen LogP contribution in [0.2, 0.25) is 5.02 Å². The van der Waals surface area contributed by atoms with Crippen LogP contribution >= 0.6 is 11.6 Å². The van der Waals surface area contributed by atoms with Gasteiger partial charge in [-0.15, -0.1) is 0 Å². The summed E-state index contributed by atoms with van der Waals surface area (Å²) in [6.07, 6.45) is 3.62. The van der Waals surface area contributed by atoms with Crippen LogP contribution in [0.5, 0.6) is 0 Å². The first-order valence-corrected chi connectivity index (χ1v) is 7.72. The van der Waals surface area contributed by atoms with Gasteiger partial charge in [0.05, 0.1) is 6.04 Å². The van der Waals surface area contributed by atoms with E-state index in [1.54, 1.807) is 12.3 Å². The number of benzene rings is 2. The van der Waals surface area contributed by atoms with Gasteiger partial charge in [-0.05, 0) is 35.4 Å². The maximum absolute atomic E-state index is 13.6. The predicted molar refractivity (Wildman–Crippen MR) is 89.7 cm³/mol. The van der Waals surface area contributed by atoms with Crippen molar-refractivity contribution in [3.63, 3.8) is 0 Å². The molecule has 1 aromatic heterocycles. The van der Waals surface area contributed by atoms with Gasteiger partial charge in [-0.2, -0.15) is 0 Å². The first-order valence-electron chi connectivity index (χ1n) is 7.34. The Bertz CT molecular complexity index is 800. The van der Waals surface area contributed by atoms with E-state index in [1.165, 1.54) is 12.1 Å². The summed E-state index contributed by atoms with van der Waals surface area (Å²) in [4.78, 5) is 4.40. The number of nitrogens with one attached hydrogen (secondary N) is 1. The highest BCUT2D eigenvalue weighted by Gasteiger charge is 2.18. The zero-order chi connectivity index (χ0) is 16.2. The summed E-state index contributed by atoms with van der Waals surface area (Å²) in [7, 11) is 1.93. The largest absolute Gasteiger partial charge is 0.336 e.